The first kappa shape index (κ1) is 15.6. The highest BCUT2D eigenvalue weighted by molar-refractivity contribution is 9.10. The molecule has 1 fully saturated rings. The number of benzene rings is 1. The lowest BCUT2D eigenvalue weighted by molar-refractivity contribution is 0.0724. The number of carbonyl (C=O) groups is 1. The Morgan fingerprint density at radius 2 is 2.12 bits per heavy atom. The number of likely N-dealkylation sites (tertiary alicyclic amines) is 1. The van der Waals surface area contributed by atoms with Crippen LogP contribution in [0, 0.1) is 0 Å². The number of aromatic nitrogens is 4. The van der Waals surface area contributed by atoms with E-state index in [4.69, 9.17) is 0 Å². The Hall–Kier alpha value is -2.67. The average molecular weight is 410 g/mol. The molecule has 5 rings (SSSR count). The van der Waals surface area contributed by atoms with Gasteiger partial charge in [-0.25, -0.2) is 0 Å². The minimum atomic E-state index is -0.0574. The van der Waals surface area contributed by atoms with E-state index in [1.54, 1.807) is 0 Å². The van der Waals surface area contributed by atoms with Crippen molar-refractivity contribution in [3.05, 3.63) is 64.7 Å². The summed E-state index contributed by atoms with van der Waals surface area (Å²) in [7, 11) is 0. The third-order valence-corrected chi connectivity index (χ3v) is 5.46. The van der Waals surface area contributed by atoms with Crippen molar-refractivity contribution in [1.82, 2.24) is 24.5 Å². The van der Waals surface area contributed by atoms with E-state index in [9.17, 15) is 4.79 Å². The molecule has 1 amide bonds. The van der Waals surface area contributed by atoms with Crippen molar-refractivity contribution < 1.29 is 4.79 Å². The maximum Gasteiger partial charge on any atom is 0.270 e. The standard InChI is InChI=1S/C19H16BrN5O/c20-13-6-7-14-12(10-13)11-15(21-14)19(26)24-9-3-4-16(24)18-23-22-17-5-1-2-8-25(17)18/h1-2,5-8,10-11,16,21H,3-4,9H2/t16-/m1/s1. The van der Waals surface area contributed by atoms with E-state index >= 15 is 0 Å². The highest BCUT2D eigenvalue weighted by atomic mass is 79.9. The molecule has 130 valence electrons. The number of fused-ring (bicyclic) bond motifs is 2. The van der Waals surface area contributed by atoms with Crippen LogP contribution >= 0.6 is 15.9 Å². The van der Waals surface area contributed by atoms with Crippen molar-refractivity contribution in [3.8, 4) is 0 Å². The number of nitrogens with one attached hydrogen (secondary N) is 1. The smallest absolute Gasteiger partial charge is 0.270 e. The number of aromatic amines is 1. The number of hydrogen-bond donors (Lipinski definition) is 1. The van der Waals surface area contributed by atoms with Gasteiger partial charge in [-0.1, -0.05) is 22.0 Å². The van der Waals surface area contributed by atoms with Gasteiger partial charge in [0.2, 0.25) is 0 Å². The Morgan fingerprint density at radius 3 is 3.04 bits per heavy atom. The van der Waals surface area contributed by atoms with Crippen LogP contribution in [0.15, 0.2) is 53.1 Å². The molecule has 0 unspecified atom stereocenters. The molecule has 7 heteroatoms. The molecule has 0 bridgehead atoms. The summed E-state index contributed by atoms with van der Waals surface area (Å²) in [6, 6.07) is 13.6. The summed E-state index contributed by atoms with van der Waals surface area (Å²) in [4.78, 5) is 18.3. The summed E-state index contributed by atoms with van der Waals surface area (Å²) in [5, 5.41) is 9.62. The molecule has 1 aliphatic heterocycles. The van der Waals surface area contributed by atoms with Crippen LogP contribution in [0.3, 0.4) is 0 Å². The van der Waals surface area contributed by atoms with Gasteiger partial charge in [0.05, 0.1) is 6.04 Å². The number of rotatable bonds is 2. The van der Waals surface area contributed by atoms with E-state index in [0.717, 1.165) is 46.2 Å². The molecule has 0 radical (unpaired) electrons. The third-order valence-electron chi connectivity index (χ3n) is 4.97. The molecular weight excluding hydrogens is 394 g/mol. The van der Waals surface area contributed by atoms with Crippen LogP contribution in [-0.2, 0) is 0 Å². The average Bonchev–Trinajstić information content (AvgIpc) is 3.37. The van der Waals surface area contributed by atoms with Gasteiger partial charge in [-0.2, -0.15) is 0 Å². The lowest BCUT2D eigenvalue weighted by atomic mass is 10.2. The van der Waals surface area contributed by atoms with Crippen LogP contribution in [0.25, 0.3) is 16.6 Å². The van der Waals surface area contributed by atoms with Gasteiger partial charge in [-0.3, -0.25) is 9.20 Å². The zero-order chi connectivity index (χ0) is 17.7. The first-order valence-electron chi connectivity index (χ1n) is 8.59. The highest BCUT2D eigenvalue weighted by Crippen LogP contribution is 2.33. The summed E-state index contributed by atoms with van der Waals surface area (Å²) in [6.45, 7) is 0.726. The Morgan fingerprint density at radius 1 is 1.19 bits per heavy atom. The van der Waals surface area contributed by atoms with Gasteiger partial charge in [-0.15, -0.1) is 10.2 Å². The molecule has 3 aromatic heterocycles. The molecule has 0 saturated carbocycles. The lowest BCUT2D eigenvalue weighted by Gasteiger charge is -2.22. The molecule has 1 N–H and O–H groups in total. The van der Waals surface area contributed by atoms with Gasteiger partial charge in [0.25, 0.3) is 5.91 Å². The first-order chi connectivity index (χ1) is 12.7. The molecule has 0 spiro atoms. The predicted octanol–water partition coefficient (Wildman–Crippen LogP) is 3.95. The van der Waals surface area contributed by atoms with Crippen LogP contribution in [-0.4, -0.2) is 36.9 Å². The Bertz CT molecular complexity index is 1130. The van der Waals surface area contributed by atoms with E-state index in [0.29, 0.717) is 5.69 Å². The number of H-pyrrole nitrogens is 1. The Kier molecular flexibility index (Phi) is 3.56. The van der Waals surface area contributed by atoms with Crippen LogP contribution in [0.4, 0.5) is 0 Å². The molecule has 26 heavy (non-hydrogen) atoms. The van der Waals surface area contributed by atoms with Crippen molar-refractivity contribution in [1.29, 1.82) is 0 Å². The largest absolute Gasteiger partial charge is 0.351 e. The van der Waals surface area contributed by atoms with E-state index in [1.807, 2.05) is 58.0 Å². The predicted molar refractivity (Wildman–Crippen MR) is 102 cm³/mol. The zero-order valence-corrected chi connectivity index (χ0v) is 15.5. The number of hydrogen-bond acceptors (Lipinski definition) is 3. The van der Waals surface area contributed by atoms with Crippen molar-refractivity contribution in [2.24, 2.45) is 0 Å². The molecule has 1 aliphatic rings. The zero-order valence-electron chi connectivity index (χ0n) is 13.9. The molecule has 0 aliphatic carbocycles. The van der Waals surface area contributed by atoms with Crippen molar-refractivity contribution in [2.75, 3.05) is 6.54 Å². The second-order valence-electron chi connectivity index (χ2n) is 6.56. The number of carbonyl (C=O) groups excluding carboxylic acids is 1. The number of nitrogens with zero attached hydrogens (tertiary/aromatic N) is 4. The van der Waals surface area contributed by atoms with Crippen LogP contribution in [0.5, 0.6) is 0 Å². The molecule has 1 aromatic carbocycles. The van der Waals surface area contributed by atoms with Gasteiger partial charge >= 0.3 is 0 Å². The minimum absolute atomic E-state index is 0.00695. The minimum Gasteiger partial charge on any atom is -0.351 e. The highest BCUT2D eigenvalue weighted by Gasteiger charge is 2.34. The molecule has 4 aromatic rings. The molecule has 1 saturated heterocycles. The molecule has 4 heterocycles. The quantitative estimate of drug-likeness (QED) is 0.544. The maximum absolute atomic E-state index is 13.2. The Balaban J connectivity index is 1.52. The Labute approximate surface area is 158 Å². The van der Waals surface area contributed by atoms with Crippen molar-refractivity contribution in [3.63, 3.8) is 0 Å². The van der Waals surface area contributed by atoms with Crippen LogP contribution in [0.2, 0.25) is 0 Å². The second kappa shape index (κ2) is 5.95. The van der Waals surface area contributed by atoms with E-state index < -0.39 is 0 Å². The number of amides is 1. The normalized spacial score (nSPS) is 17.4. The van der Waals surface area contributed by atoms with Gasteiger partial charge in [0.1, 0.15) is 5.69 Å². The van der Waals surface area contributed by atoms with Crippen molar-refractivity contribution >= 4 is 38.4 Å². The summed E-state index contributed by atoms with van der Waals surface area (Å²) in [5.41, 5.74) is 2.37. The molecule has 1 atom stereocenters. The summed E-state index contributed by atoms with van der Waals surface area (Å²) in [6.07, 6.45) is 3.81. The van der Waals surface area contributed by atoms with Gasteiger partial charge in [0.15, 0.2) is 11.5 Å². The van der Waals surface area contributed by atoms with Crippen LogP contribution in [0.1, 0.15) is 35.2 Å². The SMILES string of the molecule is O=C(c1cc2cc(Br)ccc2[nH]1)N1CCC[C@@H]1c1nnc2ccccn12. The lowest BCUT2D eigenvalue weighted by Crippen LogP contribution is -2.31. The fourth-order valence-corrected chi connectivity index (χ4v) is 4.12. The van der Waals surface area contributed by atoms with Gasteiger partial charge in [0, 0.05) is 28.1 Å². The van der Waals surface area contributed by atoms with E-state index in [2.05, 4.69) is 31.1 Å². The molecular formula is C19H16BrN5O. The van der Waals surface area contributed by atoms with E-state index in [-0.39, 0.29) is 11.9 Å². The van der Waals surface area contributed by atoms with Gasteiger partial charge in [-0.05, 0) is 49.2 Å². The first-order valence-corrected chi connectivity index (χ1v) is 9.39. The second-order valence-corrected chi connectivity index (χ2v) is 7.47. The van der Waals surface area contributed by atoms with E-state index in [1.165, 1.54) is 0 Å². The fourth-order valence-electron chi connectivity index (χ4n) is 3.74. The summed E-state index contributed by atoms with van der Waals surface area (Å²) >= 11 is 3.48. The van der Waals surface area contributed by atoms with Gasteiger partial charge < -0.3 is 9.88 Å². The van der Waals surface area contributed by atoms with Crippen molar-refractivity contribution in [2.45, 2.75) is 18.9 Å². The fraction of sp³-hybridized carbons (Fsp3) is 0.211. The maximum atomic E-state index is 13.2. The number of pyridine rings is 1. The monoisotopic (exact) mass is 409 g/mol. The topological polar surface area (TPSA) is 66.3 Å². The summed E-state index contributed by atoms with van der Waals surface area (Å²) < 4.78 is 2.97. The molecule has 6 nitrogen and oxygen atoms in total. The number of halogens is 1. The van der Waals surface area contributed by atoms with Crippen LogP contribution < -0.4 is 0 Å². The summed E-state index contributed by atoms with van der Waals surface area (Å²) in [5.74, 6) is 0.831. The third kappa shape index (κ3) is 2.42.